The summed E-state index contributed by atoms with van der Waals surface area (Å²) in [5.74, 6) is -2.65. The Morgan fingerprint density at radius 2 is 1.94 bits per heavy atom. The van der Waals surface area contributed by atoms with Crippen molar-refractivity contribution in [2.75, 3.05) is 18.5 Å². The van der Waals surface area contributed by atoms with Crippen molar-refractivity contribution in [2.45, 2.75) is 39.0 Å². The smallest absolute Gasteiger partial charge is 0.341 e. The normalized spacial score (nSPS) is 13.0. The second kappa shape index (κ2) is 11.9. The van der Waals surface area contributed by atoms with Gasteiger partial charge in [0.2, 0.25) is 0 Å². The molecule has 3 amide bonds. The van der Waals surface area contributed by atoms with Crippen molar-refractivity contribution in [1.82, 2.24) is 5.43 Å². The van der Waals surface area contributed by atoms with Crippen molar-refractivity contribution in [3.63, 3.8) is 0 Å². The summed E-state index contributed by atoms with van der Waals surface area (Å²) in [6.45, 7) is 1.66. The summed E-state index contributed by atoms with van der Waals surface area (Å²) < 4.78 is 10.4. The minimum absolute atomic E-state index is 0.209. The molecule has 1 aromatic carbocycles. The van der Waals surface area contributed by atoms with Crippen molar-refractivity contribution >= 4 is 46.2 Å². The summed E-state index contributed by atoms with van der Waals surface area (Å²) in [4.78, 5) is 49.2. The molecule has 1 heterocycles. The molecule has 1 aromatic heterocycles. The highest BCUT2D eigenvalue weighted by Gasteiger charge is 2.27. The number of thiophene rings is 1. The predicted octanol–water partition coefficient (Wildman–Crippen LogP) is 2.15. The summed E-state index contributed by atoms with van der Waals surface area (Å²) >= 11 is 1.31. The monoisotopic (exact) mass is 486 g/mol. The highest BCUT2D eigenvalue weighted by molar-refractivity contribution is 7.17. The number of anilines is 1. The van der Waals surface area contributed by atoms with Gasteiger partial charge in [0.25, 0.3) is 5.91 Å². The van der Waals surface area contributed by atoms with Crippen LogP contribution in [0.3, 0.4) is 0 Å². The van der Waals surface area contributed by atoms with Gasteiger partial charge >= 0.3 is 17.8 Å². The lowest BCUT2D eigenvalue weighted by Gasteiger charge is -2.08. The number of hydrogen-bond donors (Lipinski definition) is 3. The summed E-state index contributed by atoms with van der Waals surface area (Å²) in [6.07, 6.45) is 5.90. The average molecular weight is 487 g/mol. The molecule has 0 fully saturated rings. The number of carbonyl (C=O) groups excluding carboxylic acids is 4. The Kier molecular flexibility index (Phi) is 8.74. The third kappa shape index (κ3) is 6.64. The molecule has 1 aliphatic carbocycles. The maximum absolute atomic E-state index is 12.6. The summed E-state index contributed by atoms with van der Waals surface area (Å²) in [5, 5.41) is 6.64. The van der Waals surface area contributed by atoms with E-state index in [1.165, 1.54) is 17.6 Å². The Morgan fingerprint density at radius 3 is 2.71 bits per heavy atom. The number of carbonyl (C=O) groups is 4. The van der Waals surface area contributed by atoms with Gasteiger partial charge in [-0.2, -0.15) is 5.10 Å². The number of nitrogens with two attached hydrogens (primary N) is 1. The van der Waals surface area contributed by atoms with E-state index in [1.807, 2.05) is 0 Å². The van der Waals surface area contributed by atoms with E-state index in [-0.39, 0.29) is 13.2 Å². The molecule has 1 aliphatic rings. The average Bonchev–Trinajstić information content (AvgIpc) is 2.98. The number of ether oxygens (including phenoxy) is 2. The van der Waals surface area contributed by atoms with E-state index in [0.717, 1.165) is 42.5 Å². The van der Waals surface area contributed by atoms with Crippen LogP contribution >= 0.6 is 11.3 Å². The fourth-order valence-corrected chi connectivity index (χ4v) is 4.74. The van der Waals surface area contributed by atoms with E-state index in [0.29, 0.717) is 21.9 Å². The molecule has 0 unspecified atom stereocenters. The maximum Gasteiger partial charge on any atom is 0.341 e. The van der Waals surface area contributed by atoms with Gasteiger partial charge in [-0.15, -0.1) is 11.3 Å². The Morgan fingerprint density at radius 1 is 1.15 bits per heavy atom. The molecule has 0 radical (unpaired) electrons. The number of aryl methyl sites for hydroxylation is 1. The van der Waals surface area contributed by atoms with Crippen LogP contribution in [-0.2, 0) is 32.0 Å². The van der Waals surface area contributed by atoms with Crippen molar-refractivity contribution in [1.29, 1.82) is 0 Å². The van der Waals surface area contributed by atoms with Gasteiger partial charge in [0.1, 0.15) is 10.8 Å². The first kappa shape index (κ1) is 24.9. The van der Waals surface area contributed by atoms with Crippen LogP contribution in [0.2, 0.25) is 0 Å². The SMILES string of the molecule is CCOC(=O)c1c(NC(=O)C(=O)NN=Cc2cccc(OCC(N)=O)c2)sc2c1CCCCC2. The van der Waals surface area contributed by atoms with Crippen LogP contribution in [0.5, 0.6) is 5.75 Å². The second-order valence-corrected chi connectivity index (χ2v) is 8.57. The maximum atomic E-state index is 12.6. The number of benzene rings is 1. The van der Waals surface area contributed by atoms with Crippen LogP contribution in [-0.4, -0.2) is 43.1 Å². The zero-order valence-corrected chi connectivity index (χ0v) is 19.5. The van der Waals surface area contributed by atoms with Crippen molar-refractivity contribution in [2.24, 2.45) is 10.8 Å². The summed E-state index contributed by atoms with van der Waals surface area (Å²) in [5.41, 5.74) is 9.00. The molecule has 4 N–H and O–H groups in total. The Balaban J connectivity index is 1.66. The van der Waals surface area contributed by atoms with Crippen LogP contribution in [0.4, 0.5) is 5.00 Å². The molecule has 3 rings (SSSR count). The van der Waals surface area contributed by atoms with E-state index in [1.54, 1.807) is 31.2 Å². The summed E-state index contributed by atoms with van der Waals surface area (Å²) in [6, 6.07) is 6.58. The van der Waals surface area contributed by atoms with E-state index in [9.17, 15) is 19.2 Å². The van der Waals surface area contributed by atoms with E-state index in [4.69, 9.17) is 15.2 Å². The molecule has 2 aromatic rings. The molecule has 34 heavy (non-hydrogen) atoms. The van der Waals surface area contributed by atoms with Crippen molar-refractivity contribution in [3.8, 4) is 5.75 Å². The highest BCUT2D eigenvalue weighted by atomic mass is 32.1. The van der Waals surface area contributed by atoms with Gasteiger partial charge in [-0.1, -0.05) is 18.6 Å². The number of esters is 1. The molecule has 0 aliphatic heterocycles. The number of nitrogens with one attached hydrogen (secondary N) is 2. The standard InChI is InChI=1S/C23H26N4O6S/c1-2-32-23(31)19-16-9-4-3-5-10-17(16)34-22(19)26-20(29)21(30)27-25-12-14-7-6-8-15(11-14)33-13-18(24)28/h6-8,11-12H,2-5,9-10,13H2,1H3,(H2,24,28)(H,26,29)(H,27,30). The Hall–Kier alpha value is -3.73. The Bertz CT molecular complexity index is 1110. The van der Waals surface area contributed by atoms with E-state index >= 15 is 0 Å². The molecular weight excluding hydrogens is 460 g/mol. The van der Waals surface area contributed by atoms with Crippen LogP contribution in [0.15, 0.2) is 29.4 Å². The van der Waals surface area contributed by atoms with Crippen molar-refractivity contribution < 1.29 is 28.7 Å². The van der Waals surface area contributed by atoms with Gasteiger partial charge in [-0.25, -0.2) is 10.2 Å². The fourth-order valence-electron chi connectivity index (χ4n) is 3.47. The van der Waals surface area contributed by atoms with Crippen LogP contribution < -0.4 is 21.2 Å². The van der Waals surface area contributed by atoms with Gasteiger partial charge in [0, 0.05) is 4.88 Å². The lowest BCUT2D eigenvalue weighted by molar-refractivity contribution is -0.136. The Labute approximate surface area is 200 Å². The molecule has 0 bridgehead atoms. The van der Waals surface area contributed by atoms with Crippen LogP contribution in [0.1, 0.15) is 52.5 Å². The largest absolute Gasteiger partial charge is 0.484 e. The lowest BCUT2D eigenvalue weighted by atomic mass is 10.1. The first-order valence-electron chi connectivity index (χ1n) is 10.9. The number of primary amides is 1. The van der Waals surface area contributed by atoms with Gasteiger partial charge < -0.3 is 20.5 Å². The number of hydrazone groups is 1. The zero-order chi connectivity index (χ0) is 24.5. The third-order valence-electron chi connectivity index (χ3n) is 4.95. The van der Waals surface area contributed by atoms with E-state index in [2.05, 4.69) is 15.8 Å². The number of nitrogens with zero attached hydrogens (tertiary/aromatic N) is 1. The molecule has 180 valence electrons. The number of amides is 3. The molecule has 0 spiro atoms. The molecule has 0 saturated carbocycles. The molecular formula is C23H26N4O6S. The van der Waals surface area contributed by atoms with Crippen LogP contribution in [0, 0.1) is 0 Å². The lowest BCUT2D eigenvalue weighted by Crippen LogP contribution is -2.32. The first-order chi connectivity index (χ1) is 16.4. The minimum Gasteiger partial charge on any atom is -0.484 e. The van der Waals surface area contributed by atoms with Gasteiger partial charge in [0.05, 0.1) is 18.4 Å². The predicted molar refractivity (Wildman–Crippen MR) is 127 cm³/mol. The van der Waals surface area contributed by atoms with Gasteiger partial charge in [0.15, 0.2) is 6.61 Å². The molecule has 10 nitrogen and oxygen atoms in total. The van der Waals surface area contributed by atoms with Crippen LogP contribution in [0.25, 0.3) is 0 Å². The zero-order valence-electron chi connectivity index (χ0n) is 18.7. The first-order valence-corrected chi connectivity index (χ1v) is 11.7. The number of hydrogen-bond acceptors (Lipinski definition) is 8. The quantitative estimate of drug-likeness (QED) is 0.171. The van der Waals surface area contributed by atoms with Gasteiger partial charge in [-0.3, -0.25) is 14.4 Å². The second-order valence-electron chi connectivity index (χ2n) is 7.47. The summed E-state index contributed by atoms with van der Waals surface area (Å²) in [7, 11) is 0. The number of rotatable bonds is 8. The molecule has 0 atom stereocenters. The number of fused-ring (bicyclic) bond motifs is 1. The van der Waals surface area contributed by atoms with Crippen molar-refractivity contribution in [3.05, 3.63) is 45.8 Å². The molecule has 0 saturated heterocycles. The topological polar surface area (TPSA) is 149 Å². The minimum atomic E-state index is -0.990. The molecule has 11 heteroatoms. The van der Waals surface area contributed by atoms with E-state index < -0.39 is 23.7 Å². The van der Waals surface area contributed by atoms with Gasteiger partial charge in [-0.05, 0) is 55.9 Å². The third-order valence-corrected chi connectivity index (χ3v) is 6.16. The highest BCUT2D eigenvalue weighted by Crippen LogP contribution is 2.38. The fraction of sp³-hybridized carbons (Fsp3) is 0.348.